The third-order valence-corrected chi connectivity index (χ3v) is 1.96. The minimum Gasteiger partial charge on any atom is -0.480 e. The van der Waals surface area contributed by atoms with Crippen molar-refractivity contribution in [2.75, 3.05) is 6.54 Å². The van der Waals surface area contributed by atoms with Crippen LogP contribution in [0.1, 0.15) is 17.8 Å². The van der Waals surface area contributed by atoms with Gasteiger partial charge in [0.2, 0.25) is 0 Å². The fourth-order valence-corrected chi connectivity index (χ4v) is 1.47. The third-order valence-electron chi connectivity index (χ3n) is 1.52. The number of carbonyl (C=O) groups excluding carboxylic acids is 1. The number of hydrogen-bond donors (Lipinski definition) is 2. The number of carboxylic acids is 1. The van der Waals surface area contributed by atoms with Crippen LogP contribution in [0.4, 0.5) is 0 Å². The number of hydrogen-bond acceptors (Lipinski definition) is 2. The van der Waals surface area contributed by atoms with Crippen LogP contribution in [0, 0.1) is 0 Å². The molecule has 0 saturated heterocycles. The summed E-state index contributed by atoms with van der Waals surface area (Å²) in [5, 5.41) is 11.2. The van der Waals surface area contributed by atoms with E-state index in [0.29, 0.717) is 10.0 Å². The van der Waals surface area contributed by atoms with Crippen molar-refractivity contribution in [3.05, 3.63) is 33.8 Å². The van der Waals surface area contributed by atoms with Crippen LogP contribution in [0.25, 0.3) is 0 Å². The van der Waals surface area contributed by atoms with Crippen LogP contribution in [-0.2, 0) is 4.79 Å². The van der Waals surface area contributed by atoms with Gasteiger partial charge in [-0.25, -0.2) is 0 Å². The highest BCUT2D eigenvalue weighted by atomic mass is 35.5. The lowest BCUT2D eigenvalue weighted by Gasteiger charge is -2.03. The van der Waals surface area contributed by atoms with E-state index in [0.717, 1.165) is 0 Å². The minimum absolute atomic E-state index is 0. The lowest BCUT2D eigenvalue weighted by atomic mass is 10.2. The van der Waals surface area contributed by atoms with Gasteiger partial charge in [0.25, 0.3) is 5.91 Å². The first-order valence-electron chi connectivity index (χ1n) is 3.95. The van der Waals surface area contributed by atoms with Crippen molar-refractivity contribution in [1.82, 2.24) is 5.32 Å². The molecule has 6 heteroatoms. The Hall–Kier alpha value is -1.26. The smallest absolute Gasteiger partial charge is 0.322 e. The van der Waals surface area contributed by atoms with Crippen LogP contribution < -0.4 is 5.32 Å². The molecule has 1 aromatic carbocycles. The number of aliphatic carboxylic acids is 1. The van der Waals surface area contributed by atoms with Crippen molar-refractivity contribution in [2.24, 2.45) is 0 Å². The topological polar surface area (TPSA) is 66.4 Å². The Balaban J connectivity index is 0.00000225. The van der Waals surface area contributed by atoms with E-state index < -0.39 is 18.4 Å². The van der Waals surface area contributed by atoms with E-state index in [2.05, 4.69) is 5.32 Å². The van der Waals surface area contributed by atoms with E-state index >= 15 is 0 Å². The molecule has 0 aliphatic carbocycles. The zero-order chi connectivity index (χ0) is 11.4. The molecule has 0 aliphatic rings. The number of halogens is 2. The predicted molar refractivity (Wildman–Crippen MR) is 63.2 cm³/mol. The van der Waals surface area contributed by atoms with Gasteiger partial charge in [0.15, 0.2) is 0 Å². The number of carboxylic acid groups (broad SMARTS) is 1. The third kappa shape index (κ3) is 4.51. The zero-order valence-electron chi connectivity index (χ0n) is 7.46. The number of rotatable bonds is 3. The molecule has 1 rings (SSSR count). The quantitative estimate of drug-likeness (QED) is 0.881. The summed E-state index contributed by atoms with van der Waals surface area (Å²) in [5.41, 5.74) is 0.230. The van der Waals surface area contributed by atoms with Gasteiger partial charge in [-0.1, -0.05) is 30.6 Å². The summed E-state index contributed by atoms with van der Waals surface area (Å²) in [5.74, 6) is -1.64. The molecule has 0 unspecified atom stereocenters. The average molecular weight is 264 g/mol. The summed E-state index contributed by atoms with van der Waals surface area (Å²) in [7, 11) is 0. The molecule has 0 heterocycles. The van der Waals surface area contributed by atoms with Crippen molar-refractivity contribution < 1.29 is 14.7 Å². The first-order valence-corrected chi connectivity index (χ1v) is 4.70. The molecule has 1 amide bonds. The Morgan fingerprint density at radius 3 is 2.12 bits per heavy atom. The SMILES string of the molecule is C.O=C(O)CNC(=O)c1cc(Cl)cc(Cl)c1. The Kier molecular flexibility index (Phi) is 5.85. The minimum atomic E-state index is -1.11. The molecule has 0 fully saturated rings. The molecular weight excluding hydrogens is 253 g/mol. The molecule has 0 saturated carbocycles. The van der Waals surface area contributed by atoms with Crippen molar-refractivity contribution in [3.8, 4) is 0 Å². The molecule has 16 heavy (non-hydrogen) atoms. The summed E-state index contributed by atoms with van der Waals surface area (Å²) < 4.78 is 0. The van der Waals surface area contributed by atoms with Crippen molar-refractivity contribution in [3.63, 3.8) is 0 Å². The van der Waals surface area contributed by atoms with Gasteiger partial charge >= 0.3 is 5.97 Å². The van der Waals surface area contributed by atoms with E-state index in [1.165, 1.54) is 18.2 Å². The number of carbonyl (C=O) groups is 2. The van der Waals surface area contributed by atoms with Crippen LogP contribution in [0.15, 0.2) is 18.2 Å². The van der Waals surface area contributed by atoms with Gasteiger partial charge in [-0.15, -0.1) is 0 Å². The van der Waals surface area contributed by atoms with Gasteiger partial charge in [-0.3, -0.25) is 9.59 Å². The summed E-state index contributed by atoms with van der Waals surface area (Å²) in [6.45, 7) is -0.442. The molecule has 0 bridgehead atoms. The molecule has 0 atom stereocenters. The Morgan fingerprint density at radius 1 is 1.19 bits per heavy atom. The van der Waals surface area contributed by atoms with Gasteiger partial charge in [0, 0.05) is 15.6 Å². The molecule has 0 radical (unpaired) electrons. The highest BCUT2D eigenvalue weighted by molar-refractivity contribution is 6.35. The number of nitrogens with one attached hydrogen (secondary N) is 1. The zero-order valence-corrected chi connectivity index (χ0v) is 8.97. The lowest BCUT2D eigenvalue weighted by Crippen LogP contribution is -2.29. The largest absolute Gasteiger partial charge is 0.480 e. The van der Waals surface area contributed by atoms with Crippen LogP contribution >= 0.6 is 23.2 Å². The summed E-state index contributed by atoms with van der Waals surface area (Å²) in [4.78, 5) is 21.6. The summed E-state index contributed by atoms with van der Waals surface area (Å²) in [6, 6.07) is 4.30. The Morgan fingerprint density at radius 2 is 1.69 bits per heavy atom. The van der Waals surface area contributed by atoms with Gasteiger partial charge in [0.1, 0.15) is 6.54 Å². The van der Waals surface area contributed by atoms with E-state index in [9.17, 15) is 9.59 Å². The van der Waals surface area contributed by atoms with E-state index in [1.807, 2.05) is 0 Å². The maximum atomic E-state index is 11.4. The van der Waals surface area contributed by atoms with Gasteiger partial charge in [0.05, 0.1) is 0 Å². The average Bonchev–Trinajstić information content (AvgIpc) is 2.12. The Bertz CT molecular complexity index is 387. The van der Waals surface area contributed by atoms with Crippen LogP contribution in [-0.4, -0.2) is 23.5 Å². The van der Waals surface area contributed by atoms with Gasteiger partial charge in [-0.05, 0) is 18.2 Å². The second-order valence-corrected chi connectivity index (χ2v) is 3.61. The summed E-state index contributed by atoms with van der Waals surface area (Å²) in [6.07, 6.45) is 0. The van der Waals surface area contributed by atoms with Gasteiger partial charge < -0.3 is 10.4 Å². The molecule has 1 aromatic rings. The molecule has 2 N–H and O–H groups in total. The second kappa shape index (κ2) is 6.35. The van der Waals surface area contributed by atoms with Crippen molar-refractivity contribution in [2.45, 2.75) is 7.43 Å². The number of benzene rings is 1. The molecule has 88 valence electrons. The van der Waals surface area contributed by atoms with E-state index in [-0.39, 0.29) is 13.0 Å². The second-order valence-electron chi connectivity index (χ2n) is 2.73. The Labute approximate surface area is 103 Å². The van der Waals surface area contributed by atoms with E-state index in [4.69, 9.17) is 28.3 Å². The molecule has 0 spiro atoms. The van der Waals surface area contributed by atoms with Crippen LogP contribution in [0.3, 0.4) is 0 Å². The van der Waals surface area contributed by atoms with Gasteiger partial charge in [-0.2, -0.15) is 0 Å². The monoisotopic (exact) mass is 263 g/mol. The highest BCUT2D eigenvalue weighted by Gasteiger charge is 2.08. The lowest BCUT2D eigenvalue weighted by molar-refractivity contribution is -0.135. The summed E-state index contributed by atoms with van der Waals surface area (Å²) >= 11 is 11.4. The maximum absolute atomic E-state index is 11.4. The fraction of sp³-hybridized carbons (Fsp3) is 0.200. The highest BCUT2D eigenvalue weighted by Crippen LogP contribution is 2.18. The fourth-order valence-electron chi connectivity index (χ4n) is 0.943. The number of amides is 1. The first-order chi connectivity index (χ1) is 6.99. The molecule has 4 nitrogen and oxygen atoms in total. The molecular formula is C10H11Cl2NO3. The van der Waals surface area contributed by atoms with Crippen molar-refractivity contribution in [1.29, 1.82) is 0 Å². The normalized spacial score (nSPS) is 9.12. The first kappa shape index (κ1) is 14.7. The predicted octanol–water partition coefficient (Wildman–Crippen LogP) is 2.44. The van der Waals surface area contributed by atoms with Crippen LogP contribution in [0.2, 0.25) is 10.0 Å². The van der Waals surface area contributed by atoms with Crippen LogP contribution in [0.5, 0.6) is 0 Å². The van der Waals surface area contributed by atoms with Crippen molar-refractivity contribution >= 4 is 35.1 Å². The molecule has 0 aliphatic heterocycles. The maximum Gasteiger partial charge on any atom is 0.322 e. The standard InChI is InChI=1S/C9H7Cl2NO3.CH4/c10-6-1-5(2-7(11)3-6)9(15)12-4-8(13)14;/h1-3H,4H2,(H,12,15)(H,13,14);1H4. The van der Waals surface area contributed by atoms with E-state index in [1.54, 1.807) is 0 Å². The molecule has 0 aromatic heterocycles.